The van der Waals surface area contributed by atoms with Gasteiger partial charge in [0.2, 0.25) is 0 Å². The number of benzene rings is 1. The van der Waals surface area contributed by atoms with E-state index >= 15 is 0 Å². The number of hydrogen-bond acceptors (Lipinski definition) is 8. The fraction of sp³-hybridized carbons (Fsp3) is 0.321. The van der Waals surface area contributed by atoms with E-state index in [1.54, 1.807) is 18.3 Å². The fourth-order valence-corrected chi connectivity index (χ4v) is 4.61. The molecule has 4 aromatic rings. The average Bonchev–Trinajstić information content (AvgIpc) is 2.94. The van der Waals surface area contributed by atoms with Crippen molar-refractivity contribution in [3.8, 4) is 11.3 Å². The first-order valence-corrected chi connectivity index (χ1v) is 12.4. The van der Waals surface area contributed by atoms with Crippen molar-refractivity contribution >= 4 is 22.6 Å². The second kappa shape index (κ2) is 10.0. The molecule has 38 heavy (non-hydrogen) atoms. The maximum atomic E-state index is 14.5. The maximum absolute atomic E-state index is 14.5. The molecule has 0 radical (unpaired) electrons. The molecule has 5 rings (SSSR count). The number of hydrogen-bond donors (Lipinski definition) is 3. The third kappa shape index (κ3) is 4.57. The van der Waals surface area contributed by atoms with Crippen molar-refractivity contribution in [3.05, 3.63) is 77.8 Å². The highest BCUT2D eigenvalue weighted by Gasteiger charge is 2.39. The number of aliphatic hydroxyl groups is 1. The van der Waals surface area contributed by atoms with Crippen LogP contribution in [0.25, 0.3) is 22.2 Å². The van der Waals surface area contributed by atoms with Gasteiger partial charge in [0.25, 0.3) is 5.91 Å². The largest absolute Gasteiger partial charge is 0.379 e. The number of pyridine rings is 2. The van der Waals surface area contributed by atoms with Gasteiger partial charge in [-0.15, -0.1) is 0 Å². The van der Waals surface area contributed by atoms with Crippen molar-refractivity contribution in [2.24, 2.45) is 0 Å². The first-order chi connectivity index (χ1) is 18.3. The number of ether oxygens (including phenoxy) is 1. The van der Waals surface area contributed by atoms with Crippen LogP contribution in [0.1, 0.15) is 41.9 Å². The molecule has 4 heterocycles. The Labute approximate surface area is 219 Å². The van der Waals surface area contributed by atoms with E-state index in [1.165, 1.54) is 13.4 Å². The van der Waals surface area contributed by atoms with Gasteiger partial charge in [0.05, 0.1) is 41.9 Å². The molecule has 9 nitrogen and oxygen atoms in total. The van der Waals surface area contributed by atoms with E-state index in [-0.39, 0.29) is 18.8 Å². The first-order valence-electron chi connectivity index (χ1n) is 12.4. The molecule has 1 saturated heterocycles. The predicted molar refractivity (Wildman–Crippen MR) is 141 cm³/mol. The minimum Gasteiger partial charge on any atom is -0.379 e. The van der Waals surface area contributed by atoms with Crippen LogP contribution in [0.15, 0.2) is 55.1 Å². The number of aromatic nitrogens is 4. The number of halogens is 1. The number of anilines is 1. The monoisotopic (exact) mass is 516 g/mol. The van der Waals surface area contributed by atoms with Gasteiger partial charge in [-0.3, -0.25) is 14.8 Å². The molecule has 3 aromatic heterocycles. The van der Waals surface area contributed by atoms with E-state index in [9.17, 15) is 14.3 Å². The zero-order valence-corrected chi connectivity index (χ0v) is 21.5. The Hall–Kier alpha value is -4.02. The summed E-state index contributed by atoms with van der Waals surface area (Å²) in [4.78, 5) is 29.9. The van der Waals surface area contributed by atoms with Gasteiger partial charge in [-0.05, 0) is 24.1 Å². The Balaban J connectivity index is 1.40. The summed E-state index contributed by atoms with van der Waals surface area (Å²) in [5.41, 5.74) is 2.11. The highest BCUT2D eigenvalue weighted by molar-refractivity contribution is 6.06. The molecular formula is C28H29FN6O3. The number of rotatable bonds is 8. The summed E-state index contributed by atoms with van der Waals surface area (Å²) in [5, 5.41) is 16.8. The van der Waals surface area contributed by atoms with E-state index < -0.39 is 22.7 Å². The van der Waals surface area contributed by atoms with Gasteiger partial charge in [-0.25, -0.2) is 14.4 Å². The van der Waals surface area contributed by atoms with Crippen molar-refractivity contribution in [2.45, 2.75) is 31.3 Å². The second-order valence-electron chi connectivity index (χ2n) is 9.77. The van der Waals surface area contributed by atoms with E-state index in [1.807, 2.05) is 24.3 Å². The van der Waals surface area contributed by atoms with Gasteiger partial charge < -0.3 is 20.5 Å². The number of nitrogens with one attached hydrogen (secondary N) is 2. The summed E-state index contributed by atoms with van der Waals surface area (Å²) < 4.78 is 19.7. The highest BCUT2D eigenvalue weighted by Crippen LogP contribution is 2.34. The normalized spacial score (nSPS) is 15.9. The number of amides is 1. The average molecular weight is 517 g/mol. The quantitative estimate of drug-likeness (QED) is 0.325. The molecule has 0 saturated carbocycles. The zero-order chi connectivity index (χ0) is 26.9. The Morgan fingerprint density at radius 1 is 1.16 bits per heavy atom. The van der Waals surface area contributed by atoms with Crippen molar-refractivity contribution in [1.82, 2.24) is 25.3 Å². The van der Waals surface area contributed by atoms with Crippen molar-refractivity contribution in [1.29, 1.82) is 0 Å². The van der Waals surface area contributed by atoms with Gasteiger partial charge in [0.15, 0.2) is 11.4 Å². The number of fused-ring (bicyclic) bond motifs is 1. The maximum Gasteiger partial charge on any atom is 0.254 e. The third-order valence-corrected chi connectivity index (χ3v) is 7.28. The minimum atomic E-state index is -1.02. The van der Waals surface area contributed by atoms with Gasteiger partial charge in [-0.1, -0.05) is 32.0 Å². The molecule has 1 aliphatic rings. The Morgan fingerprint density at radius 2 is 1.97 bits per heavy atom. The number of para-hydroxylation sites is 1. The smallest absolute Gasteiger partial charge is 0.254 e. The van der Waals surface area contributed by atoms with E-state index in [0.29, 0.717) is 34.7 Å². The summed E-state index contributed by atoms with van der Waals surface area (Å²) in [5.74, 6) is -0.513. The molecule has 1 amide bonds. The van der Waals surface area contributed by atoms with Crippen molar-refractivity contribution in [3.63, 3.8) is 0 Å². The number of carbonyl (C=O) groups is 1. The Bertz CT molecular complexity index is 1490. The molecule has 0 aliphatic carbocycles. The van der Waals surface area contributed by atoms with Crippen LogP contribution < -0.4 is 10.6 Å². The summed E-state index contributed by atoms with van der Waals surface area (Å²) >= 11 is 0. The summed E-state index contributed by atoms with van der Waals surface area (Å²) in [6, 6.07) is 11.0. The lowest BCUT2D eigenvalue weighted by Crippen LogP contribution is -2.47. The van der Waals surface area contributed by atoms with Crippen LogP contribution in [0, 0.1) is 5.82 Å². The third-order valence-electron chi connectivity index (χ3n) is 7.28. The molecule has 1 aromatic carbocycles. The van der Waals surface area contributed by atoms with Crippen LogP contribution in [0.3, 0.4) is 0 Å². The van der Waals surface area contributed by atoms with Gasteiger partial charge in [-0.2, -0.15) is 0 Å². The van der Waals surface area contributed by atoms with E-state index in [0.717, 1.165) is 23.7 Å². The lowest BCUT2D eigenvalue weighted by atomic mass is 9.78. The molecule has 1 atom stereocenters. The highest BCUT2D eigenvalue weighted by atomic mass is 19.1. The second-order valence-corrected chi connectivity index (χ2v) is 9.77. The summed E-state index contributed by atoms with van der Waals surface area (Å²) in [6.07, 6.45) is 5.02. The topological polar surface area (TPSA) is 122 Å². The fourth-order valence-electron chi connectivity index (χ4n) is 4.61. The van der Waals surface area contributed by atoms with Crippen LogP contribution in [-0.2, 0) is 15.8 Å². The summed E-state index contributed by atoms with van der Waals surface area (Å²) in [7, 11) is 1.48. The van der Waals surface area contributed by atoms with Crippen LogP contribution in [0.5, 0.6) is 0 Å². The molecule has 1 fully saturated rings. The summed E-state index contributed by atoms with van der Waals surface area (Å²) in [6.45, 7) is 5.16. The van der Waals surface area contributed by atoms with E-state index in [2.05, 4.69) is 44.4 Å². The molecule has 3 N–H and O–H groups in total. The molecular weight excluding hydrogens is 487 g/mol. The lowest BCUT2D eigenvalue weighted by Gasteiger charge is -2.35. The molecule has 1 aliphatic heterocycles. The Morgan fingerprint density at radius 3 is 2.63 bits per heavy atom. The Kier molecular flexibility index (Phi) is 6.77. The van der Waals surface area contributed by atoms with Gasteiger partial charge in [0, 0.05) is 42.2 Å². The minimum absolute atomic E-state index is 0.0113. The zero-order valence-electron chi connectivity index (χ0n) is 21.5. The molecule has 196 valence electrons. The lowest BCUT2D eigenvalue weighted by molar-refractivity contribution is -0.186. The van der Waals surface area contributed by atoms with Crippen LogP contribution in [0.2, 0.25) is 0 Å². The van der Waals surface area contributed by atoms with Crippen molar-refractivity contribution < 1.29 is 19.0 Å². The van der Waals surface area contributed by atoms with E-state index in [4.69, 9.17) is 4.74 Å². The predicted octanol–water partition coefficient (Wildman–Crippen LogP) is 3.58. The molecule has 0 unspecified atom stereocenters. The molecule has 0 spiro atoms. The van der Waals surface area contributed by atoms with Gasteiger partial charge in [0.1, 0.15) is 12.1 Å². The number of carbonyl (C=O) groups excluding carboxylic acids is 1. The number of nitrogens with zero attached hydrogens (tertiary/aromatic N) is 4. The van der Waals surface area contributed by atoms with Crippen LogP contribution >= 0.6 is 0 Å². The van der Waals surface area contributed by atoms with Crippen molar-refractivity contribution in [2.75, 3.05) is 32.1 Å². The van der Waals surface area contributed by atoms with Crippen LogP contribution in [-0.4, -0.2) is 57.8 Å². The standard InChI is InChI=1S/C28H29FN6O3/c1-4-27(2,19-7-5-6-18-24(26(36)30-3)20(29)12-32-25(18)19)13-33-23-10-21(34-16-35-23)17-8-9-22(31-11-17)28(37)14-38-15-28/h5-12,16,37H,4,13-15H2,1-3H3,(H,30,36)(H,33,34,35)/t27-/m0/s1. The SMILES string of the molecule is CC[C@@](C)(CNc1cc(-c2ccc(C3(O)COC3)nc2)ncn1)c1cccc2c(C(=O)NC)c(F)cnc12. The molecule has 0 bridgehead atoms. The first kappa shape index (κ1) is 25.6. The van der Waals surface area contributed by atoms with Crippen LogP contribution in [0.4, 0.5) is 10.2 Å². The molecule has 10 heteroatoms. The van der Waals surface area contributed by atoms with Gasteiger partial charge >= 0.3 is 0 Å².